The van der Waals surface area contributed by atoms with Gasteiger partial charge < -0.3 is 15.2 Å². The molecule has 5 heteroatoms. The molecule has 2 N–H and O–H groups in total. The predicted octanol–water partition coefficient (Wildman–Crippen LogP) is 0.992. The Bertz CT molecular complexity index is 487. The van der Waals surface area contributed by atoms with Gasteiger partial charge in [0.2, 0.25) is 5.91 Å². The number of rotatable bonds is 3. The van der Waals surface area contributed by atoms with Crippen molar-refractivity contribution in [2.45, 2.75) is 19.4 Å². The molecule has 2 atom stereocenters. The van der Waals surface area contributed by atoms with Crippen LogP contribution in [0.2, 0.25) is 0 Å². The SMILES string of the molecule is CCC1=CC(=O)NC2C(C(=O)O)=C(OC)C=CC12. The molecule has 2 aliphatic rings. The lowest BCUT2D eigenvalue weighted by molar-refractivity contribution is -0.133. The average molecular weight is 249 g/mol. The van der Waals surface area contributed by atoms with E-state index in [4.69, 9.17) is 4.74 Å². The van der Waals surface area contributed by atoms with E-state index in [0.29, 0.717) is 12.2 Å². The maximum atomic E-state index is 11.6. The minimum absolute atomic E-state index is 0.0994. The fraction of sp³-hybridized carbons (Fsp3) is 0.385. The normalized spacial score (nSPS) is 26.3. The van der Waals surface area contributed by atoms with Crippen LogP contribution in [0.25, 0.3) is 0 Å². The molecule has 2 rings (SSSR count). The smallest absolute Gasteiger partial charge is 0.337 e. The zero-order chi connectivity index (χ0) is 13.3. The van der Waals surface area contributed by atoms with Crippen molar-refractivity contribution >= 4 is 11.9 Å². The first kappa shape index (κ1) is 12.4. The van der Waals surface area contributed by atoms with Crippen LogP contribution in [0, 0.1) is 5.92 Å². The van der Waals surface area contributed by atoms with Gasteiger partial charge in [0.05, 0.1) is 13.2 Å². The molecule has 0 aromatic rings. The van der Waals surface area contributed by atoms with Gasteiger partial charge in [-0.3, -0.25) is 4.79 Å². The lowest BCUT2D eigenvalue weighted by Gasteiger charge is -2.34. The Hall–Kier alpha value is -2.04. The molecule has 0 spiro atoms. The Labute approximate surface area is 105 Å². The van der Waals surface area contributed by atoms with E-state index in [0.717, 1.165) is 5.57 Å². The van der Waals surface area contributed by atoms with E-state index >= 15 is 0 Å². The van der Waals surface area contributed by atoms with Crippen molar-refractivity contribution in [2.24, 2.45) is 5.92 Å². The highest BCUT2D eigenvalue weighted by molar-refractivity contribution is 5.95. The van der Waals surface area contributed by atoms with Gasteiger partial charge in [-0.25, -0.2) is 4.79 Å². The topological polar surface area (TPSA) is 75.6 Å². The monoisotopic (exact) mass is 249 g/mol. The number of carbonyl (C=O) groups excluding carboxylic acids is 1. The number of nitrogens with one attached hydrogen (secondary N) is 1. The van der Waals surface area contributed by atoms with Crippen molar-refractivity contribution in [2.75, 3.05) is 7.11 Å². The second kappa shape index (κ2) is 4.68. The molecule has 1 heterocycles. The van der Waals surface area contributed by atoms with Crippen molar-refractivity contribution in [1.82, 2.24) is 5.32 Å². The molecule has 0 fully saturated rings. The molecule has 5 nitrogen and oxygen atoms in total. The number of hydrogen-bond acceptors (Lipinski definition) is 3. The van der Waals surface area contributed by atoms with Crippen LogP contribution in [0.5, 0.6) is 0 Å². The molecular formula is C13H15NO4. The van der Waals surface area contributed by atoms with Gasteiger partial charge in [-0.15, -0.1) is 0 Å². The molecular weight excluding hydrogens is 234 g/mol. The Morgan fingerprint density at radius 3 is 2.83 bits per heavy atom. The summed E-state index contributed by atoms with van der Waals surface area (Å²) in [6, 6.07) is -0.546. The summed E-state index contributed by atoms with van der Waals surface area (Å²) in [4.78, 5) is 22.9. The Morgan fingerprint density at radius 1 is 1.56 bits per heavy atom. The van der Waals surface area contributed by atoms with Crippen molar-refractivity contribution < 1.29 is 19.4 Å². The van der Waals surface area contributed by atoms with Gasteiger partial charge in [-0.05, 0) is 12.5 Å². The van der Waals surface area contributed by atoms with Gasteiger partial charge in [0.25, 0.3) is 0 Å². The average Bonchev–Trinajstić information content (AvgIpc) is 2.35. The van der Waals surface area contributed by atoms with E-state index in [2.05, 4.69) is 5.32 Å². The number of amides is 1. The third-order valence-electron chi connectivity index (χ3n) is 3.29. The molecule has 0 saturated carbocycles. The van der Waals surface area contributed by atoms with Crippen LogP contribution >= 0.6 is 0 Å². The second-order valence-corrected chi connectivity index (χ2v) is 4.23. The van der Waals surface area contributed by atoms with Crippen molar-refractivity contribution in [1.29, 1.82) is 0 Å². The van der Waals surface area contributed by atoms with E-state index < -0.39 is 12.0 Å². The summed E-state index contributed by atoms with van der Waals surface area (Å²) in [5.41, 5.74) is 1.05. The molecule has 0 aromatic heterocycles. The van der Waals surface area contributed by atoms with Crippen LogP contribution in [0.1, 0.15) is 13.3 Å². The Balaban J connectivity index is 2.48. The van der Waals surface area contributed by atoms with Gasteiger partial charge in [-0.2, -0.15) is 0 Å². The van der Waals surface area contributed by atoms with Crippen molar-refractivity contribution in [3.63, 3.8) is 0 Å². The number of carboxylic acid groups (broad SMARTS) is 1. The van der Waals surface area contributed by atoms with E-state index in [9.17, 15) is 14.7 Å². The van der Waals surface area contributed by atoms with Gasteiger partial charge in [0.1, 0.15) is 11.3 Å². The number of carbonyl (C=O) groups is 2. The Kier molecular flexibility index (Phi) is 3.23. The molecule has 0 saturated heterocycles. The number of ether oxygens (including phenoxy) is 1. The van der Waals surface area contributed by atoms with E-state index in [1.165, 1.54) is 7.11 Å². The van der Waals surface area contributed by atoms with Crippen LogP contribution in [-0.2, 0) is 14.3 Å². The van der Waals surface area contributed by atoms with Crippen molar-refractivity contribution in [3.8, 4) is 0 Å². The predicted molar refractivity (Wildman–Crippen MR) is 64.6 cm³/mol. The highest BCUT2D eigenvalue weighted by Crippen LogP contribution is 2.33. The maximum absolute atomic E-state index is 11.6. The molecule has 0 bridgehead atoms. The summed E-state index contributed by atoms with van der Waals surface area (Å²) in [5, 5.41) is 12.0. The Morgan fingerprint density at radius 2 is 2.28 bits per heavy atom. The minimum Gasteiger partial charge on any atom is -0.496 e. The van der Waals surface area contributed by atoms with Crippen LogP contribution in [-0.4, -0.2) is 30.1 Å². The number of fused-ring (bicyclic) bond motifs is 1. The summed E-state index contributed by atoms with van der Waals surface area (Å²) < 4.78 is 5.06. The van der Waals surface area contributed by atoms with Gasteiger partial charge >= 0.3 is 5.97 Å². The van der Waals surface area contributed by atoms with E-state index in [1.807, 2.05) is 13.0 Å². The highest BCUT2D eigenvalue weighted by atomic mass is 16.5. The second-order valence-electron chi connectivity index (χ2n) is 4.23. The molecule has 0 radical (unpaired) electrons. The third-order valence-corrected chi connectivity index (χ3v) is 3.29. The number of allylic oxidation sites excluding steroid dienone is 1. The van der Waals surface area contributed by atoms with Crippen molar-refractivity contribution in [3.05, 3.63) is 35.1 Å². The summed E-state index contributed by atoms with van der Waals surface area (Å²) in [5.74, 6) is -1.12. The minimum atomic E-state index is -1.07. The van der Waals surface area contributed by atoms with E-state index in [1.54, 1.807) is 12.2 Å². The lowest BCUT2D eigenvalue weighted by atomic mass is 9.79. The quantitative estimate of drug-likeness (QED) is 0.782. The molecule has 0 aromatic carbocycles. The molecule has 18 heavy (non-hydrogen) atoms. The lowest BCUT2D eigenvalue weighted by Crippen LogP contribution is -2.47. The summed E-state index contributed by atoms with van der Waals surface area (Å²) in [6.07, 6.45) is 5.80. The van der Waals surface area contributed by atoms with Crippen LogP contribution in [0.3, 0.4) is 0 Å². The van der Waals surface area contributed by atoms with Gasteiger partial charge in [-0.1, -0.05) is 18.6 Å². The fourth-order valence-electron chi connectivity index (χ4n) is 2.44. The third kappa shape index (κ3) is 1.92. The fourth-order valence-corrected chi connectivity index (χ4v) is 2.44. The molecule has 1 aliphatic carbocycles. The first-order valence-corrected chi connectivity index (χ1v) is 5.79. The van der Waals surface area contributed by atoms with Crippen LogP contribution < -0.4 is 5.32 Å². The molecule has 1 aliphatic heterocycles. The highest BCUT2D eigenvalue weighted by Gasteiger charge is 2.38. The first-order chi connectivity index (χ1) is 8.58. The van der Waals surface area contributed by atoms with E-state index in [-0.39, 0.29) is 17.4 Å². The van der Waals surface area contributed by atoms with Gasteiger partial charge in [0.15, 0.2) is 0 Å². The standard InChI is InChI=1S/C13H15NO4/c1-3-7-6-10(15)14-12-8(7)4-5-9(18-2)11(12)13(16)17/h4-6,8,12H,3H2,1-2H3,(H,14,15)(H,16,17). The number of carboxylic acids is 1. The van der Waals surface area contributed by atoms with Crippen LogP contribution in [0.4, 0.5) is 0 Å². The zero-order valence-corrected chi connectivity index (χ0v) is 10.3. The van der Waals surface area contributed by atoms with Gasteiger partial charge in [0, 0.05) is 12.0 Å². The maximum Gasteiger partial charge on any atom is 0.337 e. The number of methoxy groups -OCH3 is 1. The summed E-state index contributed by atoms with van der Waals surface area (Å²) >= 11 is 0. The molecule has 1 amide bonds. The summed E-state index contributed by atoms with van der Waals surface area (Å²) in [6.45, 7) is 1.95. The number of aliphatic carboxylic acids is 1. The first-order valence-electron chi connectivity index (χ1n) is 5.79. The summed E-state index contributed by atoms with van der Waals surface area (Å²) in [7, 11) is 1.42. The largest absolute Gasteiger partial charge is 0.496 e. The van der Waals surface area contributed by atoms with Crippen LogP contribution in [0.15, 0.2) is 35.1 Å². The molecule has 2 unspecified atom stereocenters. The number of hydrogen-bond donors (Lipinski definition) is 2. The zero-order valence-electron chi connectivity index (χ0n) is 10.3. The molecule has 96 valence electrons.